The van der Waals surface area contributed by atoms with Crippen molar-refractivity contribution in [3.63, 3.8) is 0 Å². The number of aryl methyl sites for hydroxylation is 1. The third kappa shape index (κ3) is 3.65. The fourth-order valence-electron chi connectivity index (χ4n) is 3.07. The number of hydrogen-bond donors (Lipinski definition) is 0. The third-order valence-corrected chi connectivity index (χ3v) is 4.82. The van der Waals surface area contributed by atoms with Crippen LogP contribution in [0.2, 0.25) is 0 Å². The Morgan fingerprint density at radius 2 is 1.85 bits per heavy atom. The molecule has 1 fully saturated rings. The fraction of sp³-hybridized carbons (Fsp3) is 0.400. The first-order valence-corrected chi connectivity index (χ1v) is 8.61. The van der Waals surface area contributed by atoms with E-state index in [4.69, 9.17) is 14.2 Å². The zero-order valence-electron chi connectivity index (χ0n) is 15.3. The molecule has 0 aliphatic carbocycles. The van der Waals surface area contributed by atoms with E-state index in [1.165, 1.54) is 13.2 Å². The van der Waals surface area contributed by atoms with Crippen molar-refractivity contribution in [1.82, 2.24) is 4.57 Å². The molecule has 1 saturated heterocycles. The highest BCUT2D eigenvalue weighted by atomic mass is 16.5. The first-order chi connectivity index (χ1) is 12.4. The average molecular weight is 357 g/mol. The summed E-state index contributed by atoms with van der Waals surface area (Å²) in [5.41, 5.74) is 0.693. The van der Waals surface area contributed by atoms with E-state index >= 15 is 0 Å². The molecule has 1 aliphatic heterocycles. The van der Waals surface area contributed by atoms with Crippen molar-refractivity contribution in [1.29, 1.82) is 0 Å². The van der Waals surface area contributed by atoms with E-state index < -0.39 is 11.5 Å². The van der Waals surface area contributed by atoms with Crippen molar-refractivity contribution in [2.45, 2.75) is 32.2 Å². The lowest BCUT2D eigenvalue weighted by molar-refractivity contribution is 0.0277. The monoisotopic (exact) mass is 357 g/mol. The van der Waals surface area contributed by atoms with Crippen LogP contribution >= 0.6 is 0 Å². The summed E-state index contributed by atoms with van der Waals surface area (Å²) in [6, 6.07) is 8.74. The first kappa shape index (κ1) is 18.2. The zero-order chi connectivity index (χ0) is 18.7. The predicted octanol–water partition coefficient (Wildman–Crippen LogP) is 3.26. The molecule has 0 atom stereocenters. The van der Waals surface area contributed by atoms with Crippen molar-refractivity contribution in [3.05, 3.63) is 58.0 Å². The number of nitrogens with zero attached hydrogens (tertiary/aromatic N) is 1. The number of esters is 1. The van der Waals surface area contributed by atoms with Crippen molar-refractivity contribution in [2.75, 3.05) is 20.3 Å². The van der Waals surface area contributed by atoms with Gasteiger partial charge in [-0.25, -0.2) is 4.79 Å². The first-order valence-electron chi connectivity index (χ1n) is 8.61. The van der Waals surface area contributed by atoms with E-state index in [-0.39, 0.29) is 16.9 Å². The quantitative estimate of drug-likeness (QED) is 0.786. The highest BCUT2D eigenvalue weighted by Gasteiger charge is 2.31. The molecule has 0 bridgehead atoms. The van der Waals surface area contributed by atoms with Gasteiger partial charge in [0.15, 0.2) is 0 Å². The number of carbonyl (C=O) groups excluding carboxylic acids is 1. The number of carbonyl (C=O) groups is 1. The fourth-order valence-corrected chi connectivity index (χ4v) is 3.07. The Labute approximate surface area is 152 Å². The molecule has 0 radical (unpaired) electrons. The van der Waals surface area contributed by atoms with Gasteiger partial charge in [0.1, 0.15) is 17.1 Å². The lowest BCUT2D eigenvalue weighted by Gasteiger charge is -2.35. The minimum Gasteiger partial charge on any atom is -0.465 e. The number of pyridine rings is 1. The molecule has 26 heavy (non-hydrogen) atoms. The maximum Gasteiger partial charge on any atom is 0.343 e. The van der Waals surface area contributed by atoms with Gasteiger partial charge in [0.05, 0.1) is 7.11 Å². The number of rotatable bonds is 4. The van der Waals surface area contributed by atoms with E-state index in [9.17, 15) is 9.59 Å². The molecule has 2 aromatic rings. The van der Waals surface area contributed by atoms with Gasteiger partial charge in [-0.3, -0.25) is 4.79 Å². The molecule has 0 spiro atoms. The summed E-state index contributed by atoms with van der Waals surface area (Å²) in [6.45, 7) is 5.13. The van der Waals surface area contributed by atoms with Gasteiger partial charge in [-0.1, -0.05) is 17.7 Å². The van der Waals surface area contributed by atoms with Gasteiger partial charge in [0.25, 0.3) is 5.56 Å². The number of methoxy groups -OCH3 is 1. The Morgan fingerprint density at radius 3 is 2.46 bits per heavy atom. The summed E-state index contributed by atoms with van der Waals surface area (Å²) >= 11 is 0. The molecule has 2 heterocycles. The molecule has 138 valence electrons. The second kappa shape index (κ2) is 7.33. The van der Waals surface area contributed by atoms with Gasteiger partial charge < -0.3 is 18.8 Å². The van der Waals surface area contributed by atoms with Gasteiger partial charge in [-0.2, -0.15) is 0 Å². The summed E-state index contributed by atoms with van der Waals surface area (Å²) in [5.74, 6) is 0.198. The predicted molar refractivity (Wildman–Crippen MR) is 97.0 cm³/mol. The second-order valence-corrected chi connectivity index (χ2v) is 6.78. The van der Waals surface area contributed by atoms with Crippen LogP contribution in [0, 0.1) is 6.92 Å². The molecular weight excluding hydrogens is 334 g/mol. The molecular formula is C20H23NO5. The maximum absolute atomic E-state index is 12.7. The molecule has 0 saturated carbocycles. The lowest BCUT2D eigenvalue weighted by Crippen LogP contribution is -2.43. The van der Waals surface area contributed by atoms with E-state index in [0.29, 0.717) is 31.8 Å². The topological polar surface area (TPSA) is 66.8 Å². The van der Waals surface area contributed by atoms with Crippen LogP contribution in [-0.2, 0) is 15.0 Å². The summed E-state index contributed by atoms with van der Waals surface area (Å²) in [7, 11) is 1.31. The largest absolute Gasteiger partial charge is 0.465 e. The minimum atomic E-state index is -0.545. The molecule has 0 unspecified atom stereocenters. The number of aromatic nitrogens is 1. The Hall–Kier alpha value is -2.60. The van der Waals surface area contributed by atoms with Crippen molar-refractivity contribution in [2.24, 2.45) is 0 Å². The van der Waals surface area contributed by atoms with Crippen LogP contribution in [0.25, 0.3) is 0 Å². The van der Waals surface area contributed by atoms with Gasteiger partial charge >= 0.3 is 5.97 Å². The Balaban J connectivity index is 2.04. The normalized spacial score (nSPS) is 16.1. The van der Waals surface area contributed by atoms with Crippen LogP contribution in [0.3, 0.4) is 0 Å². The van der Waals surface area contributed by atoms with E-state index in [0.717, 1.165) is 5.56 Å². The molecule has 1 aromatic carbocycles. The molecule has 0 N–H and O–H groups in total. The summed E-state index contributed by atoms with van der Waals surface area (Å²) < 4.78 is 17.7. The third-order valence-electron chi connectivity index (χ3n) is 4.82. The highest BCUT2D eigenvalue weighted by Crippen LogP contribution is 2.30. The van der Waals surface area contributed by atoms with Crippen molar-refractivity contribution < 1.29 is 19.0 Å². The highest BCUT2D eigenvalue weighted by molar-refractivity contribution is 5.92. The molecule has 3 rings (SSSR count). The summed E-state index contributed by atoms with van der Waals surface area (Å²) in [4.78, 5) is 25.0. The van der Waals surface area contributed by atoms with Crippen LogP contribution in [0.1, 0.15) is 35.7 Å². The molecule has 6 nitrogen and oxygen atoms in total. The lowest BCUT2D eigenvalue weighted by atomic mass is 9.91. The minimum absolute atomic E-state index is 0.192. The van der Waals surface area contributed by atoms with E-state index in [2.05, 4.69) is 0 Å². The average Bonchev–Trinajstić information content (AvgIpc) is 2.63. The summed E-state index contributed by atoms with van der Waals surface area (Å²) in [6.07, 6.45) is 2.94. The SMILES string of the molecule is COC(=O)c1cn(C2(C)CCOCC2)c(=O)cc1Oc1ccc(C)cc1. The van der Waals surface area contributed by atoms with Gasteiger partial charge in [0.2, 0.25) is 0 Å². The van der Waals surface area contributed by atoms with Crippen LogP contribution in [0.5, 0.6) is 11.5 Å². The molecule has 0 amide bonds. The Kier molecular flexibility index (Phi) is 5.13. The summed E-state index contributed by atoms with van der Waals surface area (Å²) in [5, 5.41) is 0. The van der Waals surface area contributed by atoms with E-state index in [1.54, 1.807) is 22.9 Å². The van der Waals surface area contributed by atoms with Crippen LogP contribution in [0.4, 0.5) is 0 Å². The second-order valence-electron chi connectivity index (χ2n) is 6.78. The number of hydrogen-bond acceptors (Lipinski definition) is 5. The number of benzene rings is 1. The smallest absolute Gasteiger partial charge is 0.343 e. The van der Waals surface area contributed by atoms with E-state index in [1.807, 2.05) is 26.0 Å². The zero-order valence-corrected chi connectivity index (χ0v) is 15.3. The van der Waals surface area contributed by atoms with Gasteiger partial charge in [-0.05, 0) is 38.8 Å². The Bertz CT molecular complexity index is 847. The van der Waals surface area contributed by atoms with Crippen molar-refractivity contribution >= 4 is 5.97 Å². The molecule has 1 aliphatic rings. The van der Waals surface area contributed by atoms with Crippen LogP contribution < -0.4 is 10.3 Å². The van der Waals surface area contributed by atoms with Crippen LogP contribution in [-0.4, -0.2) is 30.9 Å². The van der Waals surface area contributed by atoms with Gasteiger partial charge in [-0.15, -0.1) is 0 Å². The maximum atomic E-state index is 12.7. The molecule has 6 heteroatoms. The van der Waals surface area contributed by atoms with Crippen molar-refractivity contribution in [3.8, 4) is 11.5 Å². The van der Waals surface area contributed by atoms with Crippen LogP contribution in [0.15, 0.2) is 41.3 Å². The standard InChI is InChI=1S/C20H23NO5/c1-14-4-6-15(7-5-14)26-17-12-18(22)21(13-16(17)19(23)24-3)20(2)8-10-25-11-9-20/h4-7,12-13H,8-11H2,1-3H3. The molecule has 1 aromatic heterocycles. The van der Waals surface area contributed by atoms with Gasteiger partial charge in [0, 0.05) is 31.0 Å². The number of ether oxygens (including phenoxy) is 3. The Morgan fingerprint density at radius 1 is 1.19 bits per heavy atom.